The average molecular weight is 397 g/mol. The fourth-order valence-corrected chi connectivity index (χ4v) is 4.62. The lowest BCUT2D eigenvalue weighted by molar-refractivity contribution is 0.159. The number of urea groups is 1. The highest BCUT2D eigenvalue weighted by atomic mass is 19.1. The lowest BCUT2D eigenvalue weighted by Gasteiger charge is -2.32. The van der Waals surface area contributed by atoms with E-state index in [1.807, 2.05) is 23.2 Å². The normalized spacial score (nSPS) is 23.6. The van der Waals surface area contributed by atoms with Gasteiger partial charge in [0.25, 0.3) is 0 Å². The molecule has 2 aliphatic heterocycles. The van der Waals surface area contributed by atoms with Crippen LogP contribution in [-0.2, 0) is 0 Å². The smallest absolute Gasteiger partial charge is 0.320 e. The summed E-state index contributed by atoms with van der Waals surface area (Å²) in [6.07, 6.45) is 1.82. The van der Waals surface area contributed by atoms with E-state index in [0.717, 1.165) is 30.3 Å². The molecule has 0 aliphatic carbocycles. The number of halogens is 1. The van der Waals surface area contributed by atoms with Gasteiger partial charge in [-0.1, -0.05) is 26.0 Å². The van der Waals surface area contributed by atoms with E-state index in [0.29, 0.717) is 18.4 Å². The van der Waals surface area contributed by atoms with Crippen molar-refractivity contribution < 1.29 is 9.18 Å². The Hall–Kier alpha value is -2.70. The molecule has 2 amide bonds. The molecule has 2 aromatic rings. The third-order valence-corrected chi connectivity index (χ3v) is 6.02. The first-order valence-corrected chi connectivity index (χ1v) is 10.2. The summed E-state index contributed by atoms with van der Waals surface area (Å²) in [6.45, 7) is 6.45. The Morgan fingerprint density at radius 2 is 2.00 bits per heavy atom. The number of fused-ring (bicyclic) bond motifs is 1. The molecule has 2 aliphatic rings. The van der Waals surface area contributed by atoms with E-state index in [1.165, 1.54) is 6.07 Å². The molecule has 0 radical (unpaired) electrons. The maximum Gasteiger partial charge on any atom is 0.320 e. The number of benzene rings is 1. The van der Waals surface area contributed by atoms with Gasteiger partial charge >= 0.3 is 6.03 Å². The fourth-order valence-electron chi connectivity index (χ4n) is 4.62. The van der Waals surface area contributed by atoms with Crippen molar-refractivity contribution in [1.82, 2.24) is 19.8 Å². The van der Waals surface area contributed by atoms with E-state index in [4.69, 9.17) is 4.98 Å². The van der Waals surface area contributed by atoms with Gasteiger partial charge in [0.1, 0.15) is 5.82 Å². The molecule has 0 unspecified atom stereocenters. The Bertz CT molecular complexity index is 902. The number of carbonyl (C=O) groups is 1. The van der Waals surface area contributed by atoms with Gasteiger partial charge in [0.15, 0.2) is 0 Å². The summed E-state index contributed by atoms with van der Waals surface area (Å²) in [5.74, 6) is 1.33. The van der Waals surface area contributed by atoms with E-state index in [2.05, 4.69) is 23.7 Å². The minimum absolute atomic E-state index is 0.0294. The molecule has 4 rings (SSSR count). The minimum Gasteiger partial charge on any atom is -0.340 e. The Morgan fingerprint density at radius 3 is 2.69 bits per heavy atom. The van der Waals surface area contributed by atoms with Crippen molar-refractivity contribution in [3.05, 3.63) is 53.6 Å². The van der Waals surface area contributed by atoms with Gasteiger partial charge in [-0.15, -0.1) is 0 Å². The predicted molar refractivity (Wildman–Crippen MR) is 110 cm³/mol. The molecule has 2 saturated heterocycles. The van der Waals surface area contributed by atoms with Gasteiger partial charge in [0.2, 0.25) is 5.95 Å². The molecule has 6 nitrogen and oxygen atoms in total. The van der Waals surface area contributed by atoms with E-state index in [1.54, 1.807) is 31.1 Å². The van der Waals surface area contributed by atoms with E-state index in [-0.39, 0.29) is 23.8 Å². The lowest BCUT2D eigenvalue weighted by Crippen LogP contribution is -2.41. The first-order valence-electron chi connectivity index (χ1n) is 10.2. The summed E-state index contributed by atoms with van der Waals surface area (Å²) in [6, 6.07) is 8.42. The number of amides is 2. The van der Waals surface area contributed by atoms with Crippen molar-refractivity contribution >= 4 is 12.0 Å². The van der Waals surface area contributed by atoms with Crippen LogP contribution < -0.4 is 4.90 Å². The number of anilines is 1. The second-order valence-electron chi connectivity index (χ2n) is 8.59. The number of likely N-dealkylation sites (tertiary alicyclic amines) is 1. The predicted octanol–water partition coefficient (Wildman–Crippen LogP) is 3.53. The molecule has 2 fully saturated rings. The highest BCUT2D eigenvalue weighted by molar-refractivity contribution is 5.75. The number of nitrogens with zero attached hydrogens (tertiary/aromatic N) is 5. The third-order valence-electron chi connectivity index (χ3n) is 6.02. The molecule has 0 spiro atoms. The second-order valence-corrected chi connectivity index (χ2v) is 8.59. The summed E-state index contributed by atoms with van der Waals surface area (Å²) in [5, 5.41) is 0. The molecular formula is C22H28FN5O. The standard InChI is InChI=1S/C22H28FN5O/c1-14(2)19-8-9-24-21(25-19)27-11-16-12-28(22(29)26(3)4)20(18(16)13-27)15-6-5-7-17(23)10-15/h5-10,14,16,18,20H,11-13H2,1-4H3/t16-,18-,20-/m1/s1. The van der Waals surface area contributed by atoms with Crippen LogP contribution in [0.5, 0.6) is 0 Å². The van der Waals surface area contributed by atoms with Crippen molar-refractivity contribution in [3.8, 4) is 0 Å². The number of hydrogen-bond acceptors (Lipinski definition) is 4. The van der Waals surface area contributed by atoms with Crippen molar-refractivity contribution in [2.24, 2.45) is 11.8 Å². The average Bonchev–Trinajstić information content (AvgIpc) is 3.25. The van der Waals surface area contributed by atoms with Crippen LogP contribution in [0.25, 0.3) is 0 Å². The monoisotopic (exact) mass is 397 g/mol. The molecule has 29 heavy (non-hydrogen) atoms. The molecule has 7 heteroatoms. The van der Waals surface area contributed by atoms with Gasteiger partial charge in [-0.3, -0.25) is 0 Å². The van der Waals surface area contributed by atoms with Crippen LogP contribution in [-0.4, -0.2) is 59.5 Å². The highest BCUT2D eigenvalue weighted by Crippen LogP contribution is 2.46. The highest BCUT2D eigenvalue weighted by Gasteiger charge is 2.50. The van der Waals surface area contributed by atoms with Gasteiger partial charge in [0.05, 0.1) is 6.04 Å². The second kappa shape index (κ2) is 7.61. The van der Waals surface area contributed by atoms with E-state index >= 15 is 0 Å². The molecule has 0 N–H and O–H groups in total. The number of rotatable bonds is 3. The Morgan fingerprint density at radius 1 is 1.21 bits per heavy atom. The van der Waals surface area contributed by atoms with E-state index < -0.39 is 0 Å². The van der Waals surface area contributed by atoms with Gasteiger partial charge in [-0.25, -0.2) is 19.2 Å². The molecule has 3 atom stereocenters. The summed E-state index contributed by atoms with van der Waals surface area (Å²) in [7, 11) is 3.52. The Labute approximate surface area is 171 Å². The topological polar surface area (TPSA) is 52.6 Å². The largest absolute Gasteiger partial charge is 0.340 e. The third kappa shape index (κ3) is 3.66. The van der Waals surface area contributed by atoms with Crippen LogP contribution in [0.1, 0.15) is 37.1 Å². The van der Waals surface area contributed by atoms with Gasteiger partial charge in [-0.2, -0.15) is 0 Å². The molecule has 1 aromatic heterocycles. The fraction of sp³-hybridized carbons (Fsp3) is 0.500. The van der Waals surface area contributed by atoms with Gasteiger partial charge in [0, 0.05) is 57.5 Å². The zero-order valence-corrected chi connectivity index (χ0v) is 17.4. The van der Waals surface area contributed by atoms with Crippen LogP contribution in [0, 0.1) is 17.7 Å². The van der Waals surface area contributed by atoms with Crippen molar-refractivity contribution in [2.45, 2.75) is 25.8 Å². The summed E-state index contributed by atoms with van der Waals surface area (Å²) >= 11 is 0. The maximum atomic E-state index is 14.0. The van der Waals surface area contributed by atoms with Crippen molar-refractivity contribution in [3.63, 3.8) is 0 Å². The summed E-state index contributed by atoms with van der Waals surface area (Å²) < 4.78 is 14.0. The molecule has 0 saturated carbocycles. The number of hydrogen-bond donors (Lipinski definition) is 0. The molecule has 154 valence electrons. The van der Waals surface area contributed by atoms with Crippen LogP contribution in [0.4, 0.5) is 15.1 Å². The van der Waals surface area contributed by atoms with Crippen LogP contribution in [0.2, 0.25) is 0 Å². The molecule has 3 heterocycles. The number of carbonyl (C=O) groups excluding carboxylic acids is 1. The van der Waals surface area contributed by atoms with Gasteiger partial charge < -0.3 is 14.7 Å². The summed E-state index contributed by atoms with van der Waals surface area (Å²) in [4.78, 5) is 27.8. The zero-order chi connectivity index (χ0) is 20.7. The quantitative estimate of drug-likeness (QED) is 0.795. The van der Waals surface area contributed by atoms with Crippen LogP contribution in [0.15, 0.2) is 36.5 Å². The van der Waals surface area contributed by atoms with E-state index in [9.17, 15) is 9.18 Å². The van der Waals surface area contributed by atoms with Crippen molar-refractivity contribution in [1.29, 1.82) is 0 Å². The maximum absolute atomic E-state index is 14.0. The van der Waals surface area contributed by atoms with Crippen LogP contribution in [0.3, 0.4) is 0 Å². The summed E-state index contributed by atoms with van der Waals surface area (Å²) in [5.41, 5.74) is 1.88. The van der Waals surface area contributed by atoms with Crippen LogP contribution >= 0.6 is 0 Å². The first-order chi connectivity index (χ1) is 13.8. The lowest BCUT2D eigenvalue weighted by atomic mass is 9.89. The zero-order valence-electron chi connectivity index (χ0n) is 17.4. The SMILES string of the molecule is CC(C)c1ccnc(N2C[C@@H]3CN(C(=O)N(C)C)[C@H](c4cccc(F)c4)[C@@H]3C2)n1. The molecule has 1 aromatic carbocycles. The van der Waals surface area contributed by atoms with Gasteiger partial charge in [-0.05, 0) is 29.7 Å². The number of aromatic nitrogens is 2. The Balaban J connectivity index is 1.64. The molecule has 0 bridgehead atoms. The van der Waals surface area contributed by atoms with Crippen molar-refractivity contribution in [2.75, 3.05) is 38.6 Å². The minimum atomic E-state index is -0.272. The Kier molecular flexibility index (Phi) is 5.15. The molecular weight excluding hydrogens is 369 g/mol. The first kappa shape index (κ1) is 19.6.